The molecule has 0 bridgehead atoms. The average Bonchev–Trinajstić information content (AvgIpc) is 2.68. The van der Waals surface area contributed by atoms with Crippen LogP contribution < -0.4 is 0 Å². The second kappa shape index (κ2) is 6.01. The summed E-state index contributed by atoms with van der Waals surface area (Å²) < 4.78 is 3.43. The molecule has 3 nitrogen and oxygen atoms in total. The lowest BCUT2D eigenvalue weighted by Crippen LogP contribution is -2.51. The minimum Gasteiger partial charge on any atom is -0.357 e. The van der Waals surface area contributed by atoms with Gasteiger partial charge in [0.25, 0.3) is 0 Å². The molecule has 6 heteroatoms. The third kappa shape index (κ3) is 2.47. The summed E-state index contributed by atoms with van der Waals surface area (Å²) >= 11 is 9.93. The van der Waals surface area contributed by atoms with E-state index in [4.69, 9.17) is 11.6 Å². The van der Waals surface area contributed by atoms with Crippen LogP contribution in [0.25, 0.3) is 11.0 Å². The first-order valence-corrected chi connectivity index (χ1v) is 10.8. The second-order valence-corrected chi connectivity index (χ2v) is 13.5. The Morgan fingerprint density at radius 3 is 2.05 bits per heavy atom. The van der Waals surface area contributed by atoms with Crippen molar-refractivity contribution < 1.29 is 0 Å². The molecule has 0 amide bonds. The summed E-state index contributed by atoms with van der Waals surface area (Å²) in [6, 6.07) is 0. The summed E-state index contributed by atoms with van der Waals surface area (Å²) in [5.74, 6) is 0. The monoisotopic (exact) mass is 387 g/mol. The molecule has 0 spiro atoms. The molecule has 2 heterocycles. The van der Waals surface area contributed by atoms with Crippen molar-refractivity contribution in [2.45, 2.75) is 58.2 Å². The van der Waals surface area contributed by atoms with Gasteiger partial charge < -0.3 is 4.23 Å². The Kier molecular flexibility index (Phi) is 4.86. The van der Waals surface area contributed by atoms with Crippen LogP contribution >= 0.6 is 27.5 Å². The van der Waals surface area contributed by atoms with Crippen molar-refractivity contribution in [3.63, 3.8) is 0 Å². The highest BCUT2D eigenvalue weighted by molar-refractivity contribution is 9.10. The van der Waals surface area contributed by atoms with Crippen LogP contribution in [-0.2, 0) is 0 Å². The van der Waals surface area contributed by atoms with Gasteiger partial charge in [-0.05, 0) is 32.6 Å². The van der Waals surface area contributed by atoms with E-state index in [0.717, 1.165) is 15.5 Å². The molecule has 116 valence electrons. The van der Waals surface area contributed by atoms with Crippen LogP contribution in [-0.4, -0.2) is 22.4 Å². The van der Waals surface area contributed by atoms with Crippen molar-refractivity contribution in [1.29, 1.82) is 0 Å². The number of fused-ring (bicyclic) bond motifs is 1. The molecule has 0 unspecified atom stereocenters. The summed E-state index contributed by atoms with van der Waals surface area (Å²) in [5.41, 5.74) is 2.78. The van der Waals surface area contributed by atoms with Gasteiger partial charge in [0.15, 0.2) is 8.24 Å². The van der Waals surface area contributed by atoms with Crippen LogP contribution in [0.3, 0.4) is 0 Å². The maximum absolute atomic E-state index is 6.29. The van der Waals surface area contributed by atoms with E-state index in [-0.39, 0.29) is 0 Å². The standard InChI is InChI=1S/C15H23BrClN3Si/c1-9(2)21(10(3)4,11(5)6)20-7-12(16)13-14(17)18-8-19-15(13)20/h7-11H,1-6H3. The first-order valence-electron chi connectivity index (χ1n) is 7.42. The third-order valence-electron chi connectivity index (χ3n) is 4.68. The third-order valence-corrected chi connectivity index (χ3v) is 12.3. The number of halogens is 2. The summed E-state index contributed by atoms with van der Waals surface area (Å²) in [4.78, 5) is 8.67. The molecular formula is C15H23BrClN3Si. The van der Waals surface area contributed by atoms with Gasteiger partial charge in [-0.25, -0.2) is 9.97 Å². The minimum absolute atomic E-state index is 0.518. The van der Waals surface area contributed by atoms with Gasteiger partial charge >= 0.3 is 0 Å². The van der Waals surface area contributed by atoms with Crippen LogP contribution in [0, 0.1) is 0 Å². The summed E-state index contributed by atoms with van der Waals surface area (Å²) in [6.07, 6.45) is 3.74. The largest absolute Gasteiger partial charge is 0.357 e. The van der Waals surface area contributed by atoms with E-state index in [1.54, 1.807) is 6.33 Å². The van der Waals surface area contributed by atoms with E-state index in [1.807, 2.05) is 0 Å². The quantitative estimate of drug-likeness (QED) is 0.484. The second-order valence-electron chi connectivity index (χ2n) is 6.56. The van der Waals surface area contributed by atoms with E-state index >= 15 is 0 Å². The first kappa shape index (κ1) is 17.0. The summed E-state index contributed by atoms with van der Waals surface area (Å²) in [6.45, 7) is 14.1. The SMILES string of the molecule is CC(C)[Si](C(C)C)(C(C)C)n1cc(Br)c2c(Cl)ncnc21. The van der Waals surface area contributed by atoms with E-state index in [9.17, 15) is 0 Å². The fourth-order valence-electron chi connectivity index (χ4n) is 4.11. The maximum atomic E-state index is 6.29. The van der Waals surface area contributed by atoms with Crippen LogP contribution in [0.2, 0.25) is 21.8 Å². The highest BCUT2D eigenvalue weighted by Gasteiger charge is 2.46. The molecule has 0 saturated carbocycles. The smallest absolute Gasteiger partial charge is 0.171 e. The lowest BCUT2D eigenvalue weighted by Gasteiger charge is -2.44. The molecule has 0 aromatic carbocycles. The van der Waals surface area contributed by atoms with E-state index in [0.29, 0.717) is 21.8 Å². The zero-order valence-electron chi connectivity index (χ0n) is 13.5. The van der Waals surface area contributed by atoms with Crippen molar-refractivity contribution >= 4 is 46.8 Å². The molecule has 0 saturated heterocycles. The van der Waals surface area contributed by atoms with Crippen LogP contribution in [0.4, 0.5) is 0 Å². The molecule has 2 aromatic rings. The number of hydrogen-bond donors (Lipinski definition) is 0. The van der Waals surface area contributed by atoms with Gasteiger partial charge in [0, 0.05) is 10.7 Å². The molecule has 21 heavy (non-hydrogen) atoms. The molecule has 0 fully saturated rings. The molecule has 0 aliphatic carbocycles. The van der Waals surface area contributed by atoms with Gasteiger partial charge in [0.1, 0.15) is 17.1 Å². The van der Waals surface area contributed by atoms with Gasteiger partial charge in [-0.1, -0.05) is 53.1 Å². The predicted molar refractivity (Wildman–Crippen MR) is 96.7 cm³/mol. The molecule has 0 aliphatic rings. The molecule has 0 aliphatic heterocycles. The van der Waals surface area contributed by atoms with Gasteiger partial charge in [-0.2, -0.15) is 0 Å². The van der Waals surface area contributed by atoms with Crippen molar-refractivity contribution in [3.8, 4) is 0 Å². The number of hydrogen-bond acceptors (Lipinski definition) is 2. The Morgan fingerprint density at radius 2 is 1.57 bits per heavy atom. The molecule has 2 aromatic heterocycles. The van der Waals surface area contributed by atoms with Crippen molar-refractivity contribution in [3.05, 3.63) is 22.1 Å². The zero-order valence-corrected chi connectivity index (χ0v) is 16.8. The Hall–Kier alpha value is -0.393. The van der Waals surface area contributed by atoms with E-state index in [1.165, 1.54) is 0 Å². The van der Waals surface area contributed by atoms with E-state index < -0.39 is 8.24 Å². The van der Waals surface area contributed by atoms with Crippen molar-refractivity contribution in [2.24, 2.45) is 0 Å². The van der Waals surface area contributed by atoms with Crippen LogP contribution in [0.5, 0.6) is 0 Å². The van der Waals surface area contributed by atoms with Crippen molar-refractivity contribution in [2.75, 3.05) is 0 Å². The molecule has 0 atom stereocenters. The lowest BCUT2D eigenvalue weighted by atomic mass is 10.4. The Morgan fingerprint density at radius 1 is 1.05 bits per heavy atom. The van der Waals surface area contributed by atoms with E-state index in [2.05, 4.69) is 77.9 Å². The molecule has 0 N–H and O–H groups in total. The summed E-state index contributed by atoms with van der Waals surface area (Å²) in [5, 5.41) is 1.45. The predicted octanol–water partition coefficient (Wildman–Crippen LogP) is 5.87. The van der Waals surface area contributed by atoms with Gasteiger partial charge in [-0.15, -0.1) is 0 Å². The zero-order chi connectivity index (χ0) is 15.9. The first-order chi connectivity index (χ1) is 9.74. The fraction of sp³-hybridized carbons (Fsp3) is 0.600. The normalized spacial score (nSPS) is 13.1. The highest BCUT2D eigenvalue weighted by atomic mass is 79.9. The average molecular weight is 389 g/mol. The Bertz CT molecular complexity index is 630. The summed E-state index contributed by atoms with van der Waals surface area (Å²) in [7, 11) is -1.83. The van der Waals surface area contributed by atoms with Crippen LogP contribution in [0.15, 0.2) is 17.0 Å². The number of rotatable bonds is 4. The van der Waals surface area contributed by atoms with Crippen LogP contribution in [0.1, 0.15) is 41.5 Å². The van der Waals surface area contributed by atoms with Gasteiger partial charge in [-0.3, -0.25) is 0 Å². The topological polar surface area (TPSA) is 30.7 Å². The number of aromatic nitrogens is 3. The number of nitrogens with zero attached hydrogens (tertiary/aromatic N) is 3. The highest BCUT2D eigenvalue weighted by Crippen LogP contribution is 2.45. The fourth-order valence-corrected chi connectivity index (χ4v) is 11.8. The molecule has 0 radical (unpaired) electrons. The van der Waals surface area contributed by atoms with Gasteiger partial charge in [0.2, 0.25) is 0 Å². The lowest BCUT2D eigenvalue weighted by molar-refractivity contribution is 0.770. The Balaban J connectivity index is 2.87. The maximum Gasteiger partial charge on any atom is 0.171 e. The molecular weight excluding hydrogens is 366 g/mol. The van der Waals surface area contributed by atoms with Crippen molar-refractivity contribution in [1.82, 2.24) is 14.2 Å². The Labute approximate surface area is 141 Å². The minimum atomic E-state index is -1.83. The molecule has 2 rings (SSSR count). The van der Waals surface area contributed by atoms with Gasteiger partial charge in [0.05, 0.1) is 5.39 Å².